The largest absolute Gasteiger partial charge is 0.465 e. The van der Waals surface area contributed by atoms with Crippen molar-refractivity contribution < 1.29 is 23.9 Å². The molecule has 1 amide bonds. The zero-order valence-electron chi connectivity index (χ0n) is 16.9. The Labute approximate surface area is 170 Å². The predicted molar refractivity (Wildman–Crippen MR) is 110 cm³/mol. The molecule has 0 heterocycles. The Bertz CT molecular complexity index is 817. The van der Waals surface area contributed by atoms with Gasteiger partial charge in [0.1, 0.15) is 0 Å². The summed E-state index contributed by atoms with van der Waals surface area (Å²) >= 11 is 0. The van der Waals surface area contributed by atoms with Crippen molar-refractivity contribution in [1.29, 1.82) is 0 Å². The Balaban J connectivity index is 2.14. The van der Waals surface area contributed by atoms with Crippen LogP contribution >= 0.6 is 0 Å². The summed E-state index contributed by atoms with van der Waals surface area (Å²) in [5.74, 6) is -1.46. The lowest BCUT2D eigenvalue weighted by Crippen LogP contribution is -2.33. The third-order valence-corrected chi connectivity index (χ3v) is 4.22. The van der Waals surface area contributed by atoms with Gasteiger partial charge in [-0.3, -0.25) is 9.69 Å². The maximum Gasteiger partial charge on any atom is 0.337 e. The second-order valence-corrected chi connectivity index (χ2v) is 6.53. The topological polar surface area (TPSA) is 84.9 Å². The lowest BCUT2D eigenvalue weighted by atomic mass is 10.1. The summed E-state index contributed by atoms with van der Waals surface area (Å²) in [7, 11) is 2.50. The Morgan fingerprint density at radius 1 is 0.931 bits per heavy atom. The SMILES string of the molecule is CCCN(CC(=O)Nc1cc(C(=O)OC)cc(C(=O)OC)c1)Cc1ccccc1. The van der Waals surface area contributed by atoms with E-state index in [1.54, 1.807) is 0 Å². The molecule has 2 aromatic rings. The van der Waals surface area contributed by atoms with Gasteiger partial charge in [0, 0.05) is 12.2 Å². The smallest absolute Gasteiger partial charge is 0.337 e. The highest BCUT2D eigenvalue weighted by Crippen LogP contribution is 2.17. The van der Waals surface area contributed by atoms with Crippen LogP contribution < -0.4 is 5.32 Å². The number of hydrogen-bond donors (Lipinski definition) is 1. The van der Waals surface area contributed by atoms with Gasteiger partial charge in [-0.15, -0.1) is 0 Å². The predicted octanol–water partition coefficient (Wildman–Crippen LogP) is 3.11. The molecular weight excluding hydrogens is 372 g/mol. The molecule has 2 aromatic carbocycles. The van der Waals surface area contributed by atoms with Crippen LogP contribution in [0.5, 0.6) is 0 Å². The number of amides is 1. The van der Waals surface area contributed by atoms with E-state index in [9.17, 15) is 14.4 Å². The molecule has 2 rings (SSSR count). The minimum atomic E-state index is -0.608. The highest BCUT2D eigenvalue weighted by Gasteiger charge is 2.16. The lowest BCUT2D eigenvalue weighted by molar-refractivity contribution is -0.117. The average molecular weight is 398 g/mol. The molecule has 0 spiro atoms. The first-order valence-electron chi connectivity index (χ1n) is 9.34. The summed E-state index contributed by atoms with van der Waals surface area (Å²) in [5, 5.41) is 2.76. The molecule has 0 unspecified atom stereocenters. The van der Waals surface area contributed by atoms with Gasteiger partial charge in [0.2, 0.25) is 5.91 Å². The molecule has 7 heteroatoms. The molecule has 0 aliphatic carbocycles. The minimum absolute atomic E-state index is 0.153. The minimum Gasteiger partial charge on any atom is -0.465 e. The van der Waals surface area contributed by atoms with Crippen LogP contribution in [0.25, 0.3) is 0 Å². The number of ether oxygens (including phenoxy) is 2. The first-order chi connectivity index (χ1) is 14.0. The lowest BCUT2D eigenvalue weighted by Gasteiger charge is -2.21. The van der Waals surface area contributed by atoms with Crippen LogP contribution in [0.1, 0.15) is 39.6 Å². The van der Waals surface area contributed by atoms with Gasteiger partial charge in [0.15, 0.2) is 0 Å². The Kier molecular flexibility index (Phi) is 8.36. The zero-order valence-corrected chi connectivity index (χ0v) is 16.9. The van der Waals surface area contributed by atoms with Crippen LogP contribution in [0.3, 0.4) is 0 Å². The summed E-state index contributed by atoms with van der Waals surface area (Å²) in [6.45, 7) is 3.65. The Hall–Kier alpha value is -3.19. The molecule has 0 aliphatic rings. The molecule has 0 saturated carbocycles. The van der Waals surface area contributed by atoms with Gasteiger partial charge in [-0.25, -0.2) is 9.59 Å². The number of hydrogen-bond acceptors (Lipinski definition) is 6. The molecule has 1 N–H and O–H groups in total. The molecule has 0 aromatic heterocycles. The number of carbonyl (C=O) groups excluding carboxylic acids is 3. The molecule has 29 heavy (non-hydrogen) atoms. The van der Waals surface area contributed by atoms with Crippen molar-refractivity contribution in [1.82, 2.24) is 4.90 Å². The van der Waals surface area contributed by atoms with Crippen molar-refractivity contribution in [3.05, 3.63) is 65.2 Å². The molecule has 0 radical (unpaired) electrons. The molecule has 0 bridgehead atoms. The van der Waals surface area contributed by atoms with Crippen molar-refractivity contribution in [2.45, 2.75) is 19.9 Å². The van der Waals surface area contributed by atoms with Crippen LogP contribution in [-0.2, 0) is 20.8 Å². The van der Waals surface area contributed by atoms with E-state index in [-0.39, 0.29) is 23.6 Å². The van der Waals surface area contributed by atoms with E-state index in [1.807, 2.05) is 35.2 Å². The van der Waals surface area contributed by atoms with E-state index < -0.39 is 11.9 Å². The normalized spacial score (nSPS) is 10.5. The van der Waals surface area contributed by atoms with Gasteiger partial charge in [-0.05, 0) is 36.7 Å². The fourth-order valence-electron chi connectivity index (χ4n) is 2.95. The Morgan fingerprint density at radius 2 is 1.52 bits per heavy atom. The quantitative estimate of drug-likeness (QED) is 0.654. The van der Waals surface area contributed by atoms with Gasteiger partial charge >= 0.3 is 11.9 Å². The van der Waals surface area contributed by atoms with Crippen molar-refractivity contribution in [3.8, 4) is 0 Å². The number of esters is 2. The third kappa shape index (κ3) is 6.73. The van der Waals surface area contributed by atoms with Crippen LogP contribution in [0.15, 0.2) is 48.5 Å². The molecule has 7 nitrogen and oxygen atoms in total. The molecule has 0 aliphatic heterocycles. The molecular formula is C22H26N2O5. The molecule has 0 atom stereocenters. The van der Waals surface area contributed by atoms with E-state index in [4.69, 9.17) is 9.47 Å². The number of nitrogens with zero attached hydrogens (tertiary/aromatic N) is 1. The summed E-state index contributed by atoms with van der Waals surface area (Å²) < 4.78 is 9.43. The van der Waals surface area contributed by atoms with E-state index in [0.29, 0.717) is 12.2 Å². The first kappa shape index (κ1) is 22.1. The number of benzene rings is 2. The molecule has 154 valence electrons. The van der Waals surface area contributed by atoms with Gasteiger partial charge in [0.05, 0.1) is 31.9 Å². The highest BCUT2D eigenvalue weighted by atomic mass is 16.5. The van der Waals surface area contributed by atoms with E-state index in [0.717, 1.165) is 18.5 Å². The molecule has 0 fully saturated rings. The van der Waals surface area contributed by atoms with E-state index >= 15 is 0 Å². The molecule has 0 saturated heterocycles. The average Bonchev–Trinajstić information content (AvgIpc) is 2.73. The van der Waals surface area contributed by atoms with Crippen molar-refractivity contribution in [2.24, 2.45) is 0 Å². The maximum atomic E-state index is 12.6. The first-order valence-corrected chi connectivity index (χ1v) is 9.34. The monoisotopic (exact) mass is 398 g/mol. The highest BCUT2D eigenvalue weighted by molar-refractivity contribution is 5.99. The van der Waals surface area contributed by atoms with Gasteiger partial charge < -0.3 is 14.8 Å². The fraction of sp³-hybridized carbons (Fsp3) is 0.318. The van der Waals surface area contributed by atoms with E-state index in [1.165, 1.54) is 32.4 Å². The van der Waals surface area contributed by atoms with Gasteiger partial charge in [-0.1, -0.05) is 37.3 Å². The van der Waals surface area contributed by atoms with Crippen molar-refractivity contribution >= 4 is 23.5 Å². The summed E-state index contributed by atoms with van der Waals surface area (Å²) in [4.78, 5) is 38.4. The number of methoxy groups -OCH3 is 2. The number of nitrogens with one attached hydrogen (secondary N) is 1. The van der Waals surface area contributed by atoms with Crippen LogP contribution in [0.2, 0.25) is 0 Å². The van der Waals surface area contributed by atoms with Crippen LogP contribution in [0, 0.1) is 0 Å². The van der Waals surface area contributed by atoms with Crippen molar-refractivity contribution in [3.63, 3.8) is 0 Å². The second kappa shape index (κ2) is 11.0. The van der Waals surface area contributed by atoms with E-state index in [2.05, 4.69) is 12.2 Å². The summed E-state index contributed by atoms with van der Waals surface area (Å²) in [5.41, 5.74) is 1.75. The summed E-state index contributed by atoms with van der Waals surface area (Å²) in [6.07, 6.45) is 0.907. The number of carbonyl (C=O) groups is 3. The van der Waals surface area contributed by atoms with Crippen LogP contribution in [-0.4, -0.2) is 50.1 Å². The zero-order chi connectivity index (χ0) is 21.2. The number of anilines is 1. The standard InChI is InChI=1S/C22H26N2O5/c1-4-10-24(14-16-8-6-5-7-9-16)15-20(25)23-19-12-17(21(26)28-2)11-18(13-19)22(27)29-3/h5-9,11-13H,4,10,14-15H2,1-3H3,(H,23,25). The van der Waals surface area contributed by atoms with Gasteiger partial charge in [-0.2, -0.15) is 0 Å². The van der Waals surface area contributed by atoms with Crippen LogP contribution in [0.4, 0.5) is 5.69 Å². The maximum absolute atomic E-state index is 12.6. The third-order valence-electron chi connectivity index (χ3n) is 4.22. The van der Waals surface area contributed by atoms with Gasteiger partial charge in [0.25, 0.3) is 0 Å². The number of rotatable bonds is 9. The Morgan fingerprint density at radius 3 is 2.03 bits per heavy atom. The second-order valence-electron chi connectivity index (χ2n) is 6.53. The fourth-order valence-corrected chi connectivity index (χ4v) is 2.95. The van der Waals surface area contributed by atoms with Crippen molar-refractivity contribution in [2.75, 3.05) is 32.6 Å². The summed E-state index contributed by atoms with van der Waals surface area (Å²) in [6, 6.07) is 14.2.